The third-order valence-electron chi connectivity index (χ3n) is 0.733. The van der Waals surface area contributed by atoms with Crippen LogP contribution in [0.4, 0.5) is 0 Å². The summed E-state index contributed by atoms with van der Waals surface area (Å²) in [6.07, 6.45) is 0. The lowest BCUT2D eigenvalue weighted by Crippen LogP contribution is -1.55. The van der Waals surface area contributed by atoms with E-state index in [1.165, 1.54) is 0 Å². The highest BCUT2D eigenvalue weighted by Gasteiger charge is 1.93. The summed E-state index contributed by atoms with van der Waals surface area (Å²) in [6, 6.07) is 9.44. The average Bonchev–Trinajstić information content (AvgIpc) is 1.87. The summed E-state index contributed by atoms with van der Waals surface area (Å²) in [5.41, 5.74) is 0. The van der Waals surface area contributed by atoms with Crippen LogP contribution in [-0.2, 0) is 4.57 Å². The highest BCUT2D eigenvalue weighted by atomic mass is 35.5. The third-order valence-corrected chi connectivity index (χ3v) is 0.985. The van der Waals surface area contributed by atoms with E-state index in [4.69, 9.17) is 26.0 Å². The molecule has 0 aliphatic carbocycles. The lowest BCUT2D eigenvalue weighted by molar-refractivity contribution is 0.405. The molecule has 1 aromatic rings. The van der Waals surface area contributed by atoms with Crippen molar-refractivity contribution in [3.8, 4) is 0 Å². The zero-order valence-electron chi connectivity index (χ0n) is 5.51. The predicted octanol–water partition coefficient (Wildman–Crippen LogP) is 1.97. The molecule has 0 aromatic heterocycles. The fraction of sp³-hybridized carbons (Fsp3) is 0. The first-order valence-electron chi connectivity index (χ1n) is 2.68. The van der Waals surface area contributed by atoms with Crippen LogP contribution in [0.2, 0.25) is 5.02 Å². The lowest BCUT2D eigenvalue weighted by atomic mass is 10.4. The number of hydrogen-bond donors (Lipinski definition) is 2. The molecular weight excluding hydrogens is 186 g/mol. The monoisotopic (exact) mass is 193 g/mol. The molecule has 2 N–H and O–H groups in total. The Morgan fingerprint density at radius 2 is 1.55 bits per heavy atom. The van der Waals surface area contributed by atoms with Gasteiger partial charge >= 0.3 is 8.25 Å². The van der Waals surface area contributed by atoms with Crippen molar-refractivity contribution in [2.75, 3.05) is 0 Å². The Hall–Kier alpha value is -0.470. The molecule has 1 rings (SSSR count). The van der Waals surface area contributed by atoms with Gasteiger partial charge in [-0.05, 0) is 12.1 Å². The summed E-state index contributed by atoms with van der Waals surface area (Å²) in [4.78, 5) is 14.2. The second kappa shape index (κ2) is 6.25. The Balaban J connectivity index is 0.000000218. The van der Waals surface area contributed by atoms with E-state index in [1.54, 1.807) is 0 Å². The van der Waals surface area contributed by atoms with Crippen LogP contribution in [0.25, 0.3) is 0 Å². The first-order chi connectivity index (χ1) is 5.13. The van der Waals surface area contributed by atoms with E-state index in [0.29, 0.717) is 0 Å². The van der Waals surface area contributed by atoms with Crippen LogP contribution in [-0.4, -0.2) is 9.79 Å². The Bertz CT molecular complexity index is 210. The van der Waals surface area contributed by atoms with Gasteiger partial charge < -0.3 is 0 Å². The molecule has 0 saturated heterocycles. The second-order valence-electron chi connectivity index (χ2n) is 1.55. The molecule has 11 heavy (non-hydrogen) atoms. The molecule has 0 bridgehead atoms. The average molecular weight is 194 g/mol. The largest absolute Gasteiger partial charge is 0.692 e. The minimum absolute atomic E-state index is 0.794. The standard InChI is InChI=1S/C6H5Cl.HO3P/c7-6-4-2-1-3-5-6;1-4(2)3/h1-5H;(H-,1,2,3)/p+1. The minimum Gasteiger partial charge on any atom is -0.134 e. The Morgan fingerprint density at radius 1 is 1.18 bits per heavy atom. The normalized spacial score (nSPS) is 7.91. The molecule has 0 unspecified atom stereocenters. The topological polar surface area (TPSA) is 57.5 Å². The first-order valence-corrected chi connectivity index (χ1v) is 4.23. The second-order valence-corrected chi connectivity index (χ2v) is 2.49. The van der Waals surface area contributed by atoms with Crippen molar-refractivity contribution in [3.63, 3.8) is 0 Å². The molecule has 0 aliphatic heterocycles. The van der Waals surface area contributed by atoms with Crippen LogP contribution in [0, 0.1) is 0 Å². The van der Waals surface area contributed by atoms with Crippen LogP contribution < -0.4 is 0 Å². The van der Waals surface area contributed by atoms with Crippen LogP contribution in [0.1, 0.15) is 0 Å². The number of rotatable bonds is 0. The smallest absolute Gasteiger partial charge is 0.134 e. The zero-order chi connectivity index (χ0) is 8.69. The molecular formula is C6H7ClO3P+. The van der Waals surface area contributed by atoms with Gasteiger partial charge in [0.2, 0.25) is 0 Å². The number of halogens is 1. The molecule has 0 fully saturated rings. The molecule has 0 radical (unpaired) electrons. The van der Waals surface area contributed by atoms with Gasteiger partial charge in [0.15, 0.2) is 0 Å². The molecule has 0 heterocycles. The van der Waals surface area contributed by atoms with Gasteiger partial charge in [0.05, 0.1) is 0 Å². The number of benzene rings is 1. The van der Waals surface area contributed by atoms with Gasteiger partial charge in [-0.2, -0.15) is 0 Å². The fourth-order valence-corrected chi connectivity index (χ4v) is 0.560. The van der Waals surface area contributed by atoms with E-state index in [-0.39, 0.29) is 0 Å². The fourth-order valence-electron chi connectivity index (χ4n) is 0.415. The Kier molecular flexibility index (Phi) is 5.99. The van der Waals surface area contributed by atoms with E-state index < -0.39 is 8.25 Å². The zero-order valence-corrected chi connectivity index (χ0v) is 7.16. The van der Waals surface area contributed by atoms with Crippen molar-refractivity contribution in [2.24, 2.45) is 0 Å². The van der Waals surface area contributed by atoms with E-state index in [9.17, 15) is 0 Å². The Morgan fingerprint density at radius 3 is 1.73 bits per heavy atom. The highest BCUT2D eigenvalue weighted by Crippen LogP contribution is 2.03. The lowest BCUT2D eigenvalue weighted by Gasteiger charge is -1.80. The maximum atomic E-state index is 8.70. The quantitative estimate of drug-likeness (QED) is 0.620. The van der Waals surface area contributed by atoms with Crippen LogP contribution >= 0.6 is 19.9 Å². The third kappa shape index (κ3) is 9.53. The van der Waals surface area contributed by atoms with E-state index in [1.807, 2.05) is 30.3 Å². The van der Waals surface area contributed by atoms with Crippen molar-refractivity contribution >= 4 is 19.9 Å². The van der Waals surface area contributed by atoms with Gasteiger partial charge in [-0.1, -0.05) is 29.8 Å². The summed E-state index contributed by atoms with van der Waals surface area (Å²) in [6.45, 7) is 0. The highest BCUT2D eigenvalue weighted by molar-refractivity contribution is 7.30. The van der Waals surface area contributed by atoms with Gasteiger partial charge in [0.25, 0.3) is 0 Å². The minimum atomic E-state index is -2.87. The van der Waals surface area contributed by atoms with Crippen molar-refractivity contribution < 1.29 is 14.4 Å². The summed E-state index contributed by atoms with van der Waals surface area (Å²) in [5.74, 6) is 0. The summed E-state index contributed by atoms with van der Waals surface area (Å²) in [7, 11) is -2.87. The maximum absolute atomic E-state index is 8.70. The maximum Gasteiger partial charge on any atom is 0.692 e. The first kappa shape index (κ1) is 10.5. The molecule has 5 heteroatoms. The van der Waals surface area contributed by atoms with Crippen LogP contribution in [0.3, 0.4) is 0 Å². The molecule has 1 aromatic carbocycles. The van der Waals surface area contributed by atoms with E-state index in [0.717, 1.165) is 5.02 Å². The summed E-state index contributed by atoms with van der Waals surface area (Å²) in [5, 5.41) is 0.794. The number of hydrogen-bond acceptors (Lipinski definition) is 1. The summed E-state index contributed by atoms with van der Waals surface area (Å²) < 4.78 is 8.70. The molecule has 0 aliphatic rings. The van der Waals surface area contributed by atoms with E-state index >= 15 is 0 Å². The van der Waals surface area contributed by atoms with Crippen LogP contribution in [0.15, 0.2) is 30.3 Å². The van der Waals surface area contributed by atoms with Crippen LogP contribution in [0.5, 0.6) is 0 Å². The molecule has 3 nitrogen and oxygen atoms in total. The molecule has 0 spiro atoms. The molecule has 60 valence electrons. The predicted molar refractivity (Wildman–Crippen MR) is 43.5 cm³/mol. The van der Waals surface area contributed by atoms with Gasteiger partial charge in [0, 0.05) is 9.59 Å². The van der Waals surface area contributed by atoms with Gasteiger partial charge in [-0.3, -0.25) is 0 Å². The van der Waals surface area contributed by atoms with Crippen molar-refractivity contribution in [1.82, 2.24) is 0 Å². The molecule has 0 amide bonds. The van der Waals surface area contributed by atoms with Crippen molar-refractivity contribution in [2.45, 2.75) is 0 Å². The molecule has 0 atom stereocenters. The Labute approximate surface area is 70.2 Å². The SMILES string of the molecule is Clc1ccccc1.O=[P+](O)O. The van der Waals surface area contributed by atoms with E-state index in [2.05, 4.69) is 0 Å². The van der Waals surface area contributed by atoms with Crippen molar-refractivity contribution in [3.05, 3.63) is 35.4 Å². The molecule has 0 saturated carbocycles. The van der Waals surface area contributed by atoms with Crippen molar-refractivity contribution in [1.29, 1.82) is 0 Å². The van der Waals surface area contributed by atoms with Gasteiger partial charge in [0.1, 0.15) is 0 Å². The van der Waals surface area contributed by atoms with Gasteiger partial charge in [-0.15, -0.1) is 9.79 Å². The van der Waals surface area contributed by atoms with Gasteiger partial charge in [-0.25, -0.2) is 0 Å². The summed E-state index contributed by atoms with van der Waals surface area (Å²) >= 11 is 5.54.